The lowest BCUT2D eigenvalue weighted by molar-refractivity contribution is -0.129. The first-order valence-corrected chi connectivity index (χ1v) is 6.46. The van der Waals surface area contributed by atoms with Crippen LogP contribution in [0.1, 0.15) is 25.8 Å². The number of rotatable bonds is 3. The Labute approximate surface area is 117 Å². The summed E-state index contributed by atoms with van der Waals surface area (Å²) in [5.41, 5.74) is 0.311. The molecular weight excluding hydrogens is 258 g/mol. The Kier molecular flexibility index (Phi) is 3.74. The van der Waals surface area contributed by atoms with Gasteiger partial charge in [0.2, 0.25) is 11.8 Å². The van der Waals surface area contributed by atoms with Crippen molar-refractivity contribution in [3.05, 3.63) is 11.8 Å². The van der Waals surface area contributed by atoms with Crippen LogP contribution in [0.5, 0.6) is 0 Å². The third-order valence-corrected chi connectivity index (χ3v) is 3.45. The molecule has 0 saturated carbocycles. The zero-order valence-electron chi connectivity index (χ0n) is 11.8. The molecule has 7 nitrogen and oxygen atoms in total. The molecule has 0 aliphatic carbocycles. The summed E-state index contributed by atoms with van der Waals surface area (Å²) in [4.78, 5) is 25.7. The van der Waals surface area contributed by atoms with Gasteiger partial charge in [-0.3, -0.25) is 14.3 Å². The molecule has 0 spiro atoms. The number of aromatic nitrogens is 2. The molecule has 2 amide bonds. The SMILES string of the molecule is CC(C)N1CC(C(=O)Nc2c(C#N)cnn2C)CC1=O. The van der Waals surface area contributed by atoms with Crippen molar-refractivity contribution in [2.45, 2.75) is 26.3 Å². The second-order valence-corrected chi connectivity index (χ2v) is 5.17. The fourth-order valence-electron chi connectivity index (χ4n) is 2.29. The van der Waals surface area contributed by atoms with Gasteiger partial charge in [0.15, 0.2) is 0 Å². The van der Waals surface area contributed by atoms with E-state index in [0.29, 0.717) is 17.9 Å². The molecule has 20 heavy (non-hydrogen) atoms. The second kappa shape index (κ2) is 5.33. The second-order valence-electron chi connectivity index (χ2n) is 5.17. The van der Waals surface area contributed by atoms with E-state index in [1.807, 2.05) is 19.9 Å². The highest BCUT2D eigenvalue weighted by atomic mass is 16.2. The van der Waals surface area contributed by atoms with Crippen LogP contribution in [0.2, 0.25) is 0 Å². The van der Waals surface area contributed by atoms with Gasteiger partial charge >= 0.3 is 0 Å². The molecule has 2 rings (SSSR count). The number of carbonyl (C=O) groups is 2. The van der Waals surface area contributed by atoms with Gasteiger partial charge in [-0.25, -0.2) is 0 Å². The van der Waals surface area contributed by atoms with Crippen molar-refractivity contribution in [3.8, 4) is 6.07 Å². The number of amides is 2. The van der Waals surface area contributed by atoms with Crippen LogP contribution < -0.4 is 5.32 Å². The van der Waals surface area contributed by atoms with E-state index in [2.05, 4.69) is 10.4 Å². The minimum atomic E-state index is -0.383. The number of nitrogens with zero attached hydrogens (tertiary/aromatic N) is 4. The molecule has 1 aliphatic rings. The lowest BCUT2D eigenvalue weighted by Crippen LogP contribution is -2.33. The molecule has 106 valence electrons. The minimum Gasteiger partial charge on any atom is -0.339 e. The predicted molar refractivity (Wildman–Crippen MR) is 71.5 cm³/mol. The molecule has 1 atom stereocenters. The maximum Gasteiger partial charge on any atom is 0.230 e. The Bertz CT molecular complexity index is 584. The van der Waals surface area contributed by atoms with Gasteiger partial charge in [0.25, 0.3) is 0 Å². The molecule has 0 aromatic carbocycles. The smallest absolute Gasteiger partial charge is 0.230 e. The Balaban J connectivity index is 2.09. The zero-order valence-corrected chi connectivity index (χ0v) is 11.8. The zero-order chi connectivity index (χ0) is 14.9. The minimum absolute atomic E-state index is 0.00865. The maximum absolute atomic E-state index is 12.2. The summed E-state index contributed by atoms with van der Waals surface area (Å²) in [6.45, 7) is 4.27. The molecule has 1 fully saturated rings. The van der Waals surface area contributed by atoms with E-state index in [1.54, 1.807) is 11.9 Å². The van der Waals surface area contributed by atoms with Crippen LogP contribution >= 0.6 is 0 Å². The first-order valence-electron chi connectivity index (χ1n) is 6.46. The van der Waals surface area contributed by atoms with E-state index >= 15 is 0 Å². The molecule has 2 heterocycles. The number of hydrogen-bond acceptors (Lipinski definition) is 4. The molecule has 1 unspecified atom stereocenters. The number of aryl methyl sites for hydroxylation is 1. The molecule has 1 aromatic heterocycles. The Hall–Kier alpha value is -2.36. The van der Waals surface area contributed by atoms with Gasteiger partial charge in [-0.05, 0) is 13.8 Å². The molecular formula is C13H17N5O2. The third-order valence-electron chi connectivity index (χ3n) is 3.45. The van der Waals surface area contributed by atoms with Crippen LogP contribution in [-0.2, 0) is 16.6 Å². The van der Waals surface area contributed by atoms with E-state index in [-0.39, 0.29) is 30.2 Å². The largest absolute Gasteiger partial charge is 0.339 e. The fraction of sp³-hybridized carbons (Fsp3) is 0.538. The number of nitrogens with one attached hydrogen (secondary N) is 1. The molecule has 1 aliphatic heterocycles. The van der Waals surface area contributed by atoms with Crippen LogP contribution in [0.25, 0.3) is 0 Å². The van der Waals surface area contributed by atoms with Crippen molar-refractivity contribution in [1.29, 1.82) is 5.26 Å². The topological polar surface area (TPSA) is 91.0 Å². The van der Waals surface area contributed by atoms with Gasteiger partial charge in [0, 0.05) is 26.1 Å². The summed E-state index contributed by atoms with van der Waals surface area (Å²) in [7, 11) is 1.65. The number of carbonyl (C=O) groups excluding carboxylic acids is 2. The van der Waals surface area contributed by atoms with Gasteiger partial charge in [0.1, 0.15) is 17.5 Å². The van der Waals surface area contributed by atoms with Crippen molar-refractivity contribution >= 4 is 17.6 Å². The Morgan fingerprint density at radius 3 is 2.85 bits per heavy atom. The number of anilines is 1. The average molecular weight is 275 g/mol. The fourth-order valence-corrected chi connectivity index (χ4v) is 2.29. The van der Waals surface area contributed by atoms with E-state index in [1.165, 1.54) is 10.9 Å². The van der Waals surface area contributed by atoms with Gasteiger partial charge in [-0.15, -0.1) is 0 Å². The van der Waals surface area contributed by atoms with Crippen molar-refractivity contribution in [1.82, 2.24) is 14.7 Å². The van der Waals surface area contributed by atoms with Crippen LogP contribution in [-0.4, -0.2) is 39.1 Å². The average Bonchev–Trinajstić information content (AvgIpc) is 2.94. The van der Waals surface area contributed by atoms with Crippen molar-refractivity contribution in [2.75, 3.05) is 11.9 Å². The third kappa shape index (κ3) is 2.50. The van der Waals surface area contributed by atoms with Gasteiger partial charge in [0.05, 0.1) is 12.1 Å². The summed E-state index contributed by atoms with van der Waals surface area (Å²) >= 11 is 0. The molecule has 0 bridgehead atoms. The lowest BCUT2D eigenvalue weighted by Gasteiger charge is -2.20. The number of nitriles is 1. The molecule has 0 radical (unpaired) electrons. The summed E-state index contributed by atoms with van der Waals surface area (Å²) in [5, 5.41) is 15.6. The van der Waals surface area contributed by atoms with Gasteiger partial charge < -0.3 is 10.2 Å². The standard InChI is InChI=1S/C13H17N5O2/c1-8(2)18-7-9(4-11(18)19)13(20)16-12-10(5-14)6-15-17(12)3/h6,8-9H,4,7H2,1-3H3,(H,16,20). The quantitative estimate of drug-likeness (QED) is 0.869. The van der Waals surface area contributed by atoms with E-state index in [0.717, 1.165) is 0 Å². The summed E-state index contributed by atoms with van der Waals surface area (Å²) in [5.74, 6) is -0.272. The number of hydrogen-bond donors (Lipinski definition) is 1. The maximum atomic E-state index is 12.2. The Morgan fingerprint density at radius 1 is 1.60 bits per heavy atom. The van der Waals surface area contributed by atoms with E-state index in [4.69, 9.17) is 5.26 Å². The highest BCUT2D eigenvalue weighted by molar-refractivity contribution is 5.97. The Morgan fingerprint density at radius 2 is 2.30 bits per heavy atom. The first kappa shape index (κ1) is 14.1. The van der Waals surface area contributed by atoms with E-state index in [9.17, 15) is 9.59 Å². The van der Waals surface area contributed by atoms with Gasteiger partial charge in [-0.2, -0.15) is 10.4 Å². The van der Waals surface area contributed by atoms with Crippen molar-refractivity contribution in [3.63, 3.8) is 0 Å². The monoisotopic (exact) mass is 275 g/mol. The summed E-state index contributed by atoms with van der Waals surface area (Å²) in [6, 6.07) is 2.06. The normalized spacial score (nSPS) is 18.4. The molecule has 7 heteroatoms. The molecule has 1 N–H and O–H groups in total. The summed E-state index contributed by atoms with van der Waals surface area (Å²) in [6.07, 6.45) is 1.61. The van der Waals surface area contributed by atoms with Crippen LogP contribution in [0, 0.1) is 17.2 Å². The van der Waals surface area contributed by atoms with Crippen molar-refractivity contribution < 1.29 is 9.59 Å². The van der Waals surface area contributed by atoms with Crippen molar-refractivity contribution in [2.24, 2.45) is 13.0 Å². The first-order chi connectivity index (χ1) is 9.43. The highest BCUT2D eigenvalue weighted by Gasteiger charge is 2.35. The van der Waals surface area contributed by atoms with E-state index < -0.39 is 0 Å². The lowest BCUT2D eigenvalue weighted by atomic mass is 10.1. The highest BCUT2D eigenvalue weighted by Crippen LogP contribution is 2.22. The van der Waals surface area contributed by atoms with Crippen LogP contribution in [0.4, 0.5) is 5.82 Å². The predicted octanol–water partition coefficient (Wildman–Crippen LogP) is 0.487. The number of likely N-dealkylation sites (tertiary alicyclic amines) is 1. The van der Waals surface area contributed by atoms with Crippen LogP contribution in [0.3, 0.4) is 0 Å². The molecule has 1 saturated heterocycles. The van der Waals surface area contributed by atoms with Gasteiger partial charge in [-0.1, -0.05) is 0 Å². The summed E-state index contributed by atoms with van der Waals surface area (Å²) < 4.78 is 1.44. The van der Waals surface area contributed by atoms with Crippen LogP contribution in [0.15, 0.2) is 6.20 Å². The molecule has 1 aromatic rings.